The summed E-state index contributed by atoms with van der Waals surface area (Å²) in [5.74, 6) is 2.08. The summed E-state index contributed by atoms with van der Waals surface area (Å²) in [6.07, 6.45) is 2.79. The van der Waals surface area contributed by atoms with Crippen LogP contribution in [-0.4, -0.2) is 44.2 Å². The fourth-order valence-electron chi connectivity index (χ4n) is 3.06. The summed E-state index contributed by atoms with van der Waals surface area (Å²) in [7, 11) is 3.36. The first kappa shape index (κ1) is 18.6. The highest BCUT2D eigenvalue weighted by atomic mass is 16.5. The SMILES string of the molecule is CC[C@H](C)NC(=O)C1CCN(Cc2cc(OC)ccc2OC)CC1. The van der Waals surface area contributed by atoms with Gasteiger partial charge in [0.25, 0.3) is 0 Å². The number of carbonyl (C=O) groups is 1. The van der Waals surface area contributed by atoms with Crippen molar-refractivity contribution in [2.24, 2.45) is 5.92 Å². The Morgan fingerprint density at radius 3 is 2.58 bits per heavy atom. The Morgan fingerprint density at radius 2 is 2.00 bits per heavy atom. The number of nitrogens with one attached hydrogen (secondary N) is 1. The summed E-state index contributed by atoms with van der Waals surface area (Å²) >= 11 is 0. The summed E-state index contributed by atoms with van der Waals surface area (Å²) in [6.45, 7) is 6.83. The molecule has 0 bridgehead atoms. The van der Waals surface area contributed by atoms with Crippen LogP contribution in [0, 0.1) is 5.92 Å². The van der Waals surface area contributed by atoms with Crippen molar-refractivity contribution >= 4 is 5.91 Å². The van der Waals surface area contributed by atoms with Gasteiger partial charge in [-0.3, -0.25) is 9.69 Å². The maximum absolute atomic E-state index is 12.3. The van der Waals surface area contributed by atoms with Gasteiger partial charge in [0.2, 0.25) is 5.91 Å². The highest BCUT2D eigenvalue weighted by Gasteiger charge is 2.26. The molecule has 1 fully saturated rings. The molecule has 1 aliphatic rings. The normalized spacial score (nSPS) is 17.3. The van der Waals surface area contributed by atoms with Crippen molar-refractivity contribution in [3.05, 3.63) is 23.8 Å². The number of rotatable bonds is 7. The lowest BCUT2D eigenvalue weighted by molar-refractivity contribution is -0.127. The zero-order valence-corrected chi connectivity index (χ0v) is 15.3. The number of amides is 1. The molecule has 1 N–H and O–H groups in total. The second-order valence-corrected chi connectivity index (χ2v) is 6.55. The average molecular weight is 334 g/mol. The maximum Gasteiger partial charge on any atom is 0.223 e. The van der Waals surface area contributed by atoms with Crippen molar-refractivity contribution in [1.82, 2.24) is 10.2 Å². The summed E-state index contributed by atoms with van der Waals surface area (Å²) in [5.41, 5.74) is 1.12. The van der Waals surface area contributed by atoms with E-state index in [0.717, 1.165) is 56.0 Å². The van der Waals surface area contributed by atoms with Crippen LogP contribution in [0.3, 0.4) is 0 Å². The fourth-order valence-corrected chi connectivity index (χ4v) is 3.06. The molecule has 0 radical (unpaired) electrons. The molecule has 134 valence electrons. The van der Waals surface area contributed by atoms with E-state index in [1.807, 2.05) is 18.2 Å². The second kappa shape index (κ2) is 8.92. The lowest BCUT2D eigenvalue weighted by atomic mass is 9.95. The van der Waals surface area contributed by atoms with E-state index in [4.69, 9.17) is 9.47 Å². The van der Waals surface area contributed by atoms with Crippen LogP contribution in [0.4, 0.5) is 0 Å². The molecular weight excluding hydrogens is 304 g/mol. The number of carbonyl (C=O) groups excluding carboxylic acids is 1. The molecule has 0 unspecified atom stereocenters. The van der Waals surface area contributed by atoms with Crippen LogP contribution in [0.2, 0.25) is 0 Å². The molecule has 5 heteroatoms. The van der Waals surface area contributed by atoms with Gasteiger partial charge in [0.15, 0.2) is 0 Å². The van der Waals surface area contributed by atoms with Gasteiger partial charge in [0.1, 0.15) is 11.5 Å². The van der Waals surface area contributed by atoms with Gasteiger partial charge in [0.05, 0.1) is 14.2 Å². The van der Waals surface area contributed by atoms with E-state index in [-0.39, 0.29) is 17.9 Å². The van der Waals surface area contributed by atoms with E-state index in [2.05, 4.69) is 24.1 Å². The Labute approximate surface area is 145 Å². The standard InChI is InChI=1S/C19H30N2O3/c1-5-14(2)20-19(22)15-8-10-21(11-9-15)13-16-12-17(23-3)6-7-18(16)24-4/h6-7,12,14-15H,5,8-11,13H2,1-4H3,(H,20,22)/t14-/m0/s1. The Hall–Kier alpha value is -1.75. The Morgan fingerprint density at radius 1 is 1.29 bits per heavy atom. The molecule has 2 rings (SSSR count). The number of methoxy groups -OCH3 is 2. The third-order valence-corrected chi connectivity index (χ3v) is 4.84. The van der Waals surface area contributed by atoms with Crippen molar-refractivity contribution in [2.45, 2.75) is 45.7 Å². The molecule has 1 heterocycles. The van der Waals surface area contributed by atoms with Gasteiger partial charge in [0, 0.05) is 24.1 Å². The van der Waals surface area contributed by atoms with Crippen LogP contribution in [-0.2, 0) is 11.3 Å². The van der Waals surface area contributed by atoms with Gasteiger partial charge < -0.3 is 14.8 Å². The minimum Gasteiger partial charge on any atom is -0.497 e. The third kappa shape index (κ3) is 4.87. The first-order chi connectivity index (χ1) is 11.6. The van der Waals surface area contributed by atoms with Crippen molar-refractivity contribution in [3.63, 3.8) is 0 Å². The predicted molar refractivity (Wildman–Crippen MR) is 95.4 cm³/mol. The van der Waals surface area contributed by atoms with E-state index in [1.54, 1.807) is 14.2 Å². The highest BCUT2D eigenvalue weighted by molar-refractivity contribution is 5.79. The van der Waals surface area contributed by atoms with Gasteiger partial charge in [-0.1, -0.05) is 6.92 Å². The van der Waals surface area contributed by atoms with Crippen LogP contribution in [0.5, 0.6) is 11.5 Å². The number of piperidine rings is 1. The summed E-state index contributed by atoms with van der Waals surface area (Å²) in [5, 5.41) is 3.10. The van der Waals surface area contributed by atoms with E-state index in [0.29, 0.717) is 0 Å². The molecule has 1 atom stereocenters. The molecule has 5 nitrogen and oxygen atoms in total. The summed E-state index contributed by atoms with van der Waals surface area (Å²) in [6, 6.07) is 6.14. The van der Waals surface area contributed by atoms with Crippen molar-refractivity contribution < 1.29 is 14.3 Å². The molecule has 1 amide bonds. The summed E-state index contributed by atoms with van der Waals surface area (Å²) < 4.78 is 10.8. The minimum atomic E-state index is 0.141. The topological polar surface area (TPSA) is 50.8 Å². The molecule has 1 aliphatic heterocycles. The molecule has 1 saturated heterocycles. The molecular formula is C19H30N2O3. The molecule has 0 aliphatic carbocycles. The monoisotopic (exact) mass is 334 g/mol. The van der Waals surface area contributed by atoms with E-state index in [9.17, 15) is 4.79 Å². The number of ether oxygens (including phenoxy) is 2. The van der Waals surface area contributed by atoms with Gasteiger partial charge in [-0.15, -0.1) is 0 Å². The van der Waals surface area contributed by atoms with Gasteiger partial charge in [-0.2, -0.15) is 0 Å². The smallest absolute Gasteiger partial charge is 0.223 e. The zero-order chi connectivity index (χ0) is 17.5. The lowest BCUT2D eigenvalue weighted by Gasteiger charge is -2.32. The van der Waals surface area contributed by atoms with Crippen LogP contribution >= 0.6 is 0 Å². The predicted octanol–water partition coefficient (Wildman–Crippen LogP) is 2.83. The molecule has 0 spiro atoms. The number of benzene rings is 1. The van der Waals surface area contributed by atoms with Crippen LogP contribution in [0.15, 0.2) is 18.2 Å². The lowest BCUT2D eigenvalue weighted by Crippen LogP contribution is -2.42. The van der Waals surface area contributed by atoms with Crippen LogP contribution in [0.1, 0.15) is 38.7 Å². The number of likely N-dealkylation sites (tertiary alicyclic amines) is 1. The largest absolute Gasteiger partial charge is 0.497 e. The number of nitrogens with zero attached hydrogens (tertiary/aromatic N) is 1. The Kier molecular flexibility index (Phi) is 6.91. The third-order valence-electron chi connectivity index (χ3n) is 4.84. The van der Waals surface area contributed by atoms with Crippen LogP contribution in [0.25, 0.3) is 0 Å². The van der Waals surface area contributed by atoms with E-state index < -0.39 is 0 Å². The quantitative estimate of drug-likeness (QED) is 0.833. The Bertz CT molecular complexity index is 539. The molecule has 0 saturated carbocycles. The number of hydrogen-bond acceptors (Lipinski definition) is 4. The summed E-state index contributed by atoms with van der Waals surface area (Å²) in [4.78, 5) is 14.6. The Balaban J connectivity index is 1.90. The minimum absolute atomic E-state index is 0.141. The number of hydrogen-bond donors (Lipinski definition) is 1. The fraction of sp³-hybridized carbons (Fsp3) is 0.632. The highest BCUT2D eigenvalue weighted by Crippen LogP contribution is 2.27. The van der Waals surface area contributed by atoms with Crippen molar-refractivity contribution in [3.8, 4) is 11.5 Å². The van der Waals surface area contributed by atoms with Gasteiger partial charge >= 0.3 is 0 Å². The van der Waals surface area contributed by atoms with Crippen molar-refractivity contribution in [2.75, 3.05) is 27.3 Å². The van der Waals surface area contributed by atoms with Gasteiger partial charge in [-0.05, 0) is 57.5 Å². The molecule has 1 aromatic rings. The van der Waals surface area contributed by atoms with E-state index >= 15 is 0 Å². The first-order valence-corrected chi connectivity index (χ1v) is 8.81. The zero-order valence-electron chi connectivity index (χ0n) is 15.3. The van der Waals surface area contributed by atoms with Crippen LogP contribution < -0.4 is 14.8 Å². The average Bonchev–Trinajstić information content (AvgIpc) is 2.62. The van der Waals surface area contributed by atoms with E-state index in [1.165, 1.54) is 0 Å². The van der Waals surface area contributed by atoms with Gasteiger partial charge in [-0.25, -0.2) is 0 Å². The molecule has 0 aromatic heterocycles. The molecule has 24 heavy (non-hydrogen) atoms. The maximum atomic E-state index is 12.3. The molecule has 1 aromatic carbocycles. The van der Waals surface area contributed by atoms with Crippen molar-refractivity contribution in [1.29, 1.82) is 0 Å². The second-order valence-electron chi connectivity index (χ2n) is 6.55. The first-order valence-electron chi connectivity index (χ1n) is 8.81.